The van der Waals surface area contributed by atoms with Crippen LogP contribution in [0, 0.1) is 0 Å². The third-order valence-corrected chi connectivity index (χ3v) is 3.66. The quantitative estimate of drug-likeness (QED) is 0.611. The Labute approximate surface area is 155 Å². The molecule has 2 rings (SSSR count). The zero-order chi connectivity index (χ0) is 19.3. The predicted octanol–water partition coefficient (Wildman–Crippen LogP) is 3.63. The van der Waals surface area contributed by atoms with Crippen molar-refractivity contribution in [2.75, 3.05) is 13.2 Å². The van der Waals surface area contributed by atoms with Crippen molar-refractivity contribution in [3.8, 4) is 5.75 Å². The number of ketones is 1. The molecule has 26 heavy (non-hydrogen) atoms. The van der Waals surface area contributed by atoms with E-state index in [4.69, 9.17) is 21.1 Å². The smallest absolute Gasteiger partial charge is 0.338 e. The van der Waals surface area contributed by atoms with Gasteiger partial charge in [0.1, 0.15) is 5.75 Å². The van der Waals surface area contributed by atoms with Crippen LogP contribution in [-0.4, -0.2) is 36.0 Å². The largest absolute Gasteiger partial charge is 0.507 e. The van der Waals surface area contributed by atoms with Crippen molar-refractivity contribution in [2.45, 2.75) is 13.8 Å². The molecular formula is C19H17ClO6. The van der Waals surface area contributed by atoms with Crippen LogP contribution in [0.5, 0.6) is 5.75 Å². The maximum Gasteiger partial charge on any atom is 0.338 e. The molecule has 6 nitrogen and oxygen atoms in total. The van der Waals surface area contributed by atoms with Crippen molar-refractivity contribution in [3.63, 3.8) is 0 Å². The number of carbonyl (C=O) groups is 3. The lowest BCUT2D eigenvalue weighted by Gasteiger charge is -2.10. The molecule has 1 N–H and O–H groups in total. The minimum atomic E-state index is -0.678. The van der Waals surface area contributed by atoms with Crippen LogP contribution in [0.1, 0.15) is 50.5 Å². The van der Waals surface area contributed by atoms with Crippen LogP contribution >= 0.6 is 11.6 Å². The molecule has 0 unspecified atom stereocenters. The number of halogens is 1. The molecule has 136 valence electrons. The number of benzene rings is 2. The molecule has 0 atom stereocenters. The topological polar surface area (TPSA) is 89.9 Å². The average molecular weight is 377 g/mol. The summed E-state index contributed by atoms with van der Waals surface area (Å²) in [6, 6.07) is 7.92. The Hall–Kier alpha value is -2.86. The van der Waals surface area contributed by atoms with Crippen LogP contribution in [0.15, 0.2) is 36.4 Å². The molecule has 0 aliphatic rings. The zero-order valence-corrected chi connectivity index (χ0v) is 15.0. The van der Waals surface area contributed by atoms with Crippen molar-refractivity contribution in [2.24, 2.45) is 0 Å². The maximum absolute atomic E-state index is 12.8. The second kappa shape index (κ2) is 8.49. The fraction of sp³-hybridized carbons (Fsp3) is 0.211. The van der Waals surface area contributed by atoms with E-state index < -0.39 is 17.7 Å². The summed E-state index contributed by atoms with van der Waals surface area (Å²) in [6.45, 7) is 3.56. The number of carbonyl (C=O) groups excluding carboxylic acids is 3. The van der Waals surface area contributed by atoms with Gasteiger partial charge in [-0.2, -0.15) is 0 Å². The van der Waals surface area contributed by atoms with E-state index in [0.717, 1.165) is 0 Å². The lowest BCUT2D eigenvalue weighted by molar-refractivity contribution is 0.0525. The third kappa shape index (κ3) is 4.40. The minimum absolute atomic E-state index is 0.0242. The van der Waals surface area contributed by atoms with Gasteiger partial charge >= 0.3 is 11.9 Å². The molecule has 7 heteroatoms. The van der Waals surface area contributed by atoms with E-state index in [-0.39, 0.29) is 46.2 Å². The van der Waals surface area contributed by atoms with Crippen molar-refractivity contribution >= 4 is 29.3 Å². The number of esters is 2. The summed E-state index contributed by atoms with van der Waals surface area (Å²) in [5.41, 5.74) is 0.0361. The Morgan fingerprint density at radius 3 is 1.88 bits per heavy atom. The monoisotopic (exact) mass is 376 g/mol. The van der Waals surface area contributed by atoms with Gasteiger partial charge in [0.2, 0.25) is 0 Å². The first kappa shape index (κ1) is 19.5. The van der Waals surface area contributed by atoms with Gasteiger partial charge in [0, 0.05) is 10.6 Å². The summed E-state index contributed by atoms with van der Waals surface area (Å²) in [5.74, 6) is -2.22. The molecule has 0 spiro atoms. The third-order valence-electron chi connectivity index (χ3n) is 3.42. The zero-order valence-electron chi connectivity index (χ0n) is 14.2. The highest BCUT2D eigenvalue weighted by Crippen LogP contribution is 2.25. The van der Waals surface area contributed by atoms with Crippen LogP contribution in [-0.2, 0) is 9.47 Å². The molecule has 0 aromatic heterocycles. The summed E-state index contributed by atoms with van der Waals surface area (Å²) in [6.07, 6.45) is 0. The summed E-state index contributed by atoms with van der Waals surface area (Å²) >= 11 is 5.88. The van der Waals surface area contributed by atoms with Gasteiger partial charge < -0.3 is 14.6 Å². The highest BCUT2D eigenvalue weighted by Gasteiger charge is 2.20. The molecule has 0 aliphatic heterocycles. The number of rotatable bonds is 6. The van der Waals surface area contributed by atoms with Gasteiger partial charge in [-0.25, -0.2) is 9.59 Å². The number of hydrogen-bond donors (Lipinski definition) is 1. The standard InChI is InChI=1S/C19H17ClO6/c1-3-25-18(23)12-7-11(8-13(9-12)19(24)26-4-2)17(22)15-10-14(20)5-6-16(15)21/h5-10,21H,3-4H2,1-2H3. The molecule has 0 heterocycles. The molecule has 0 bridgehead atoms. The average Bonchev–Trinajstić information content (AvgIpc) is 2.63. The molecule has 0 fully saturated rings. The van der Waals surface area contributed by atoms with Gasteiger partial charge in [0.15, 0.2) is 5.78 Å². The molecular weight excluding hydrogens is 360 g/mol. The van der Waals surface area contributed by atoms with Gasteiger partial charge in [0.25, 0.3) is 0 Å². The van der Waals surface area contributed by atoms with E-state index in [1.807, 2.05) is 0 Å². The van der Waals surface area contributed by atoms with Crippen LogP contribution in [0.25, 0.3) is 0 Å². The number of ether oxygens (including phenoxy) is 2. The van der Waals surface area contributed by atoms with E-state index in [1.165, 1.54) is 36.4 Å². The van der Waals surface area contributed by atoms with Crippen LogP contribution in [0.3, 0.4) is 0 Å². The van der Waals surface area contributed by atoms with Crippen molar-refractivity contribution in [3.05, 3.63) is 63.7 Å². The molecule has 0 radical (unpaired) electrons. The summed E-state index contributed by atoms with van der Waals surface area (Å²) < 4.78 is 9.87. The predicted molar refractivity (Wildman–Crippen MR) is 94.9 cm³/mol. The Kier molecular flexibility index (Phi) is 6.36. The van der Waals surface area contributed by atoms with Crippen LogP contribution in [0.4, 0.5) is 0 Å². The van der Waals surface area contributed by atoms with E-state index in [1.54, 1.807) is 13.8 Å². The Bertz CT molecular complexity index is 823. The molecule has 2 aromatic carbocycles. The van der Waals surface area contributed by atoms with E-state index in [2.05, 4.69) is 0 Å². The SMILES string of the molecule is CCOC(=O)c1cc(C(=O)OCC)cc(C(=O)c2cc(Cl)ccc2O)c1. The molecule has 0 saturated heterocycles. The number of hydrogen-bond acceptors (Lipinski definition) is 6. The van der Waals surface area contributed by atoms with Crippen molar-refractivity contribution in [1.29, 1.82) is 0 Å². The first-order chi connectivity index (χ1) is 12.4. The molecule has 0 aliphatic carbocycles. The van der Waals surface area contributed by atoms with Gasteiger partial charge in [0.05, 0.1) is 29.9 Å². The normalized spacial score (nSPS) is 10.3. The Morgan fingerprint density at radius 2 is 1.38 bits per heavy atom. The van der Waals surface area contributed by atoms with Crippen molar-refractivity contribution < 1.29 is 29.0 Å². The maximum atomic E-state index is 12.8. The van der Waals surface area contributed by atoms with Gasteiger partial charge in [-0.1, -0.05) is 11.6 Å². The van der Waals surface area contributed by atoms with E-state index in [9.17, 15) is 19.5 Å². The fourth-order valence-corrected chi connectivity index (χ4v) is 2.44. The molecule has 0 amide bonds. The van der Waals surface area contributed by atoms with E-state index in [0.29, 0.717) is 0 Å². The van der Waals surface area contributed by atoms with Crippen molar-refractivity contribution in [1.82, 2.24) is 0 Å². The second-order valence-electron chi connectivity index (χ2n) is 5.23. The fourth-order valence-electron chi connectivity index (χ4n) is 2.27. The second-order valence-corrected chi connectivity index (χ2v) is 5.67. The lowest BCUT2D eigenvalue weighted by atomic mass is 9.98. The van der Waals surface area contributed by atoms with Crippen LogP contribution in [0.2, 0.25) is 5.02 Å². The van der Waals surface area contributed by atoms with E-state index >= 15 is 0 Å². The highest BCUT2D eigenvalue weighted by molar-refractivity contribution is 6.31. The number of phenols is 1. The summed E-state index contributed by atoms with van der Waals surface area (Å²) in [5, 5.41) is 10.2. The lowest BCUT2D eigenvalue weighted by Crippen LogP contribution is -2.12. The van der Waals surface area contributed by atoms with Gasteiger partial charge in [-0.3, -0.25) is 4.79 Å². The first-order valence-electron chi connectivity index (χ1n) is 7.89. The minimum Gasteiger partial charge on any atom is -0.507 e. The number of aromatic hydroxyl groups is 1. The highest BCUT2D eigenvalue weighted by atomic mass is 35.5. The first-order valence-corrected chi connectivity index (χ1v) is 8.27. The van der Waals surface area contributed by atoms with Gasteiger partial charge in [-0.15, -0.1) is 0 Å². The van der Waals surface area contributed by atoms with Crippen LogP contribution < -0.4 is 0 Å². The Balaban J connectivity index is 2.55. The van der Waals surface area contributed by atoms with Gasteiger partial charge in [-0.05, 0) is 50.2 Å². The molecule has 2 aromatic rings. The number of phenolic OH excluding ortho intramolecular Hbond substituents is 1. The summed E-state index contributed by atoms with van der Waals surface area (Å²) in [7, 11) is 0. The summed E-state index contributed by atoms with van der Waals surface area (Å²) in [4.78, 5) is 36.9. The Morgan fingerprint density at radius 1 is 0.885 bits per heavy atom. The molecule has 0 saturated carbocycles.